The lowest BCUT2D eigenvalue weighted by molar-refractivity contribution is -0.129. The highest BCUT2D eigenvalue weighted by atomic mass is 16.5. The Morgan fingerprint density at radius 2 is 2.17 bits per heavy atom. The SMILES string of the molecule is COCCNCC(=O)N(C)CC1CCN(Cc2ccccc2)C1. The van der Waals surface area contributed by atoms with Crippen molar-refractivity contribution in [2.45, 2.75) is 13.0 Å². The molecule has 1 aliphatic rings. The number of hydrogen-bond donors (Lipinski definition) is 1. The third-order valence-corrected chi connectivity index (χ3v) is 4.34. The summed E-state index contributed by atoms with van der Waals surface area (Å²) in [6.07, 6.45) is 1.17. The van der Waals surface area contributed by atoms with Gasteiger partial charge in [-0.2, -0.15) is 0 Å². The standard InChI is InChI=1S/C18H29N3O2/c1-20(18(22)12-19-9-11-23-2)13-17-8-10-21(15-17)14-16-6-4-3-5-7-16/h3-7,17,19H,8-15H2,1-2H3. The number of hydrogen-bond acceptors (Lipinski definition) is 4. The van der Waals surface area contributed by atoms with Crippen molar-refractivity contribution in [1.29, 1.82) is 0 Å². The van der Waals surface area contributed by atoms with Crippen LogP contribution in [0, 0.1) is 5.92 Å². The summed E-state index contributed by atoms with van der Waals surface area (Å²) in [7, 11) is 3.57. The highest BCUT2D eigenvalue weighted by Crippen LogP contribution is 2.19. The first-order valence-corrected chi connectivity index (χ1v) is 8.39. The number of carbonyl (C=O) groups excluding carboxylic acids is 1. The number of likely N-dealkylation sites (N-methyl/N-ethyl adjacent to an activating group) is 1. The molecule has 1 aliphatic heterocycles. The van der Waals surface area contributed by atoms with E-state index in [1.54, 1.807) is 7.11 Å². The van der Waals surface area contributed by atoms with E-state index in [9.17, 15) is 4.79 Å². The van der Waals surface area contributed by atoms with E-state index in [-0.39, 0.29) is 5.91 Å². The first kappa shape index (κ1) is 17.9. The number of ether oxygens (including phenoxy) is 1. The fraction of sp³-hybridized carbons (Fsp3) is 0.611. The van der Waals surface area contributed by atoms with Crippen LogP contribution in [-0.4, -0.2) is 69.2 Å². The van der Waals surface area contributed by atoms with Gasteiger partial charge < -0.3 is 15.0 Å². The predicted octanol–water partition coefficient (Wildman–Crippen LogP) is 1.20. The van der Waals surface area contributed by atoms with Gasteiger partial charge in [0, 0.05) is 40.3 Å². The van der Waals surface area contributed by atoms with Gasteiger partial charge in [0.05, 0.1) is 13.2 Å². The second-order valence-corrected chi connectivity index (χ2v) is 6.32. The van der Waals surface area contributed by atoms with E-state index in [0.29, 0.717) is 25.6 Å². The molecule has 1 fully saturated rings. The highest BCUT2D eigenvalue weighted by Gasteiger charge is 2.24. The molecule has 5 nitrogen and oxygen atoms in total. The minimum absolute atomic E-state index is 0.155. The minimum Gasteiger partial charge on any atom is -0.383 e. The monoisotopic (exact) mass is 319 g/mol. The van der Waals surface area contributed by atoms with Crippen molar-refractivity contribution < 1.29 is 9.53 Å². The Morgan fingerprint density at radius 1 is 1.39 bits per heavy atom. The molecule has 1 saturated heterocycles. The Kier molecular flexibility index (Phi) is 7.52. The van der Waals surface area contributed by atoms with Crippen LogP contribution in [0.5, 0.6) is 0 Å². The van der Waals surface area contributed by atoms with Gasteiger partial charge in [0.15, 0.2) is 0 Å². The van der Waals surface area contributed by atoms with E-state index in [1.807, 2.05) is 11.9 Å². The quantitative estimate of drug-likeness (QED) is 0.695. The average molecular weight is 319 g/mol. The maximum Gasteiger partial charge on any atom is 0.236 e. The van der Waals surface area contributed by atoms with Gasteiger partial charge in [0.25, 0.3) is 0 Å². The van der Waals surface area contributed by atoms with E-state index in [0.717, 1.165) is 26.2 Å². The van der Waals surface area contributed by atoms with Gasteiger partial charge in [-0.1, -0.05) is 30.3 Å². The molecule has 0 bridgehead atoms. The molecule has 1 aromatic carbocycles. The molecule has 0 aromatic heterocycles. The number of nitrogens with zero attached hydrogens (tertiary/aromatic N) is 2. The van der Waals surface area contributed by atoms with Crippen LogP contribution in [0.25, 0.3) is 0 Å². The van der Waals surface area contributed by atoms with Crippen molar-refractivity contribution in [3.05, 3.63) is 35.9 Å². The van der Waals surface area contributed by atoms with Gasteiger partial charge in [0.1, 0.15) is 0 Å². The molecule has 0 aliphatic carbocycles. The Hall–Kier alpha value is -1.43. The summed E-state index contributed by atoms with van der Waals surface area (Å²) in [4.78, 5) is 16.4. The van der Waals surface area contributed by atoms with E-state index in [2.05, 4.69) is 40.5 Å². The number of nitrogens with one attached hydrogen (secondary N) is 1. The highest BCUT2D eigenvalue weighted by molar-refractivity contribution is 5.77. The third-order valence-electron chi connectivity index (χ3n) is 4.34. The van der Waals surface area contributed by atoms with E-state index < -0.39 is 0 Å². The zero-order valence-electron chi connectivity index (χ0n) is 14.3. The first-order valence-electron chi connectivity index (χ1n) is 8.39. The van der Waals surface area contributed by atoms with Crippen LogP contribution >= 0.6 is 0 Å². The molecule has 0 spiro atoms. The molecule has 1 N–H and O–H groups in total. The molecule has 23 heavy (non-hydrogen) atoms. The maximum atomic E-state index is 12.1. The van der Waals surface area contributed by atoms with Crippen LogP contribution < -0.4 is 5.32 Å². The normalized spacial score (nSPS) is 18.3. The smallest absolute Gasteiger partial charge is 0.236 e. The second-order valence-electron chi connectivity index (χ2n) is 6.32. The van der Waals surface area contributed by atoms with Crippen LogP contribution in [0.4, 0.5) is 0 Å². The van der Waals surface area contributed by atoms with Crippen LogP contribution in [0.3, 0.4) is 0 Å². The van der Waals surface area contributed by atoms with Crippen molar-refractivity contribution in [1.82, 2.24) is 15.1 Å². The van der Waals surface area contributed by atoms with Crippen molar-refractivity contribution in [3.8, 4) is 0 Å². The Balaban J connectivity index is 1.67. The fourth-order valence-electron chi connectivity index (χ4n) is 3.04. The van der Waals surface area contributed by atoms with Crippen LogP contribution in [0.2, 0.25) is 0 Å². The van der Waals surface area contributed by atoms with Crippen LogP contribution in [-0.2, 0) is 16.1 Å². The lowest BCUT2D eigenvalue weighted by Crippen LogP contribution is -2.39. The molecule has 0 radical (unpaired) electrons. The summed E-state index contributed by atoms with van der Waals surface area (Å²) in [6.45, 7) is 5.78. The summed E-state index contributed by atoms with van der Waals surface area (Å²) in [5.74, 6) is 0.731. The molecule has 1 amide bonds. The van der Waals surface area contributed by atoms with Gasteiger partial charge >= 0.3 is 0 Å². The molecule has 1 unspecified atom stereocenters. The zero-order valence-corrected chi connectivity index (χ0v) is 14.3. The maximum absolute atomic E-state index is 12.1. The summed E-state index contributed by atoms with van der Waals surface area (Å²) < 4.78 is 4.96. The lowest BCUT2D eigenvalue weighted by atomic mass is 10.1. The van der Waals surface area contributed by atoms with E-state index in [4.69, 9.17) is 4.74 Å². The average Bonchev–Trinajstić information content (AvgIpc) is 2.99. The summed E-state index contributed by atoms with van der Waals surface area (Å²) in [6, 6.07) is 10.6. The van der Waals surface area contributed by atoms with E-state index in [1.165, 1.54) is 12.0 Å². The van der Waals surface area contributed by atoms with Crippen LogP contribution in [0.15, 0.2) is 30.3 Å². The number of likely N-dealkylation sites (tertiary alicyclic amines) is 1. The molecule has 1 heterocycles. The molecule has 128 valence electrons. The van der Waals surface area contributed by atoms with Gasteiger partial charge in [-0.05, 0) is 24.4 Å². The van der Waals surface area contributed by atoms with Crippen molar-refractivity contribution in [3.63, 3.8) is 0 Å². The van der Waals surface area contributed by atoms with Gasteiger partial charge in [-0.3, -0.25) is 9.69 Å². The minimum atomic E-state index is 0.155. The number of benzene rings is 1. The van der Waals surface area contributed by atoms with Crippen molar-refractivity contribution in [2.75, 3.05) is 53.5 Å². The van der Waals surface area contributed by atoms with Crippen molar-refractivity contribution in [2.24, 2.45) is 5.92 Å². The largest absolute Gasteiger partial charge is 0.383 e. The zero-order chi connectivity index (χ0) is 16.5. The summed E-state index contributed by atoms with van der Waals surface area (Å²) in [5.41, 5.74) is 1.36. The lowest BCUT2D eigenvalue weighted by Gasteiger charge is -2.22. The second kappa shape index (κ2) is 9.65. The Bertz CT molecular complexity index is 467. The molecule has 2 rings (SSSR count). The fourth-order valence-corrected chi connectivity index (χ4v) is 3.04. The van der Waals surface area contributed by atoms with Gasteiger partial charge in [-0.25, -0.2) is 0 Å². The Labute approximate surface area is 139 Å². The summed E-state index contributed by atoms with van der Waals surface area (Å²) in [5, 5.41) is 3.11. The first-order chi connectivity index (χ1) is 11.2. The predicted molar refractivity (Wildman–Crippen MR) is 92.2 cm³/mol. The number of rotatable bonds is 9. The van der Waals surface area contributed by atoms with Gasteiger partial charge in [0.2, 0.25) is 5.91 Å². The summed E-state index contributed by atoms with van der Waals surface area (Å²) >= 11 is 0. The Morgan fingerprint density at radius 3 is 2.91 bits per heavy atom. The topological polar surface area (TPSA) is 44.8 Å². The third kappa shape index (κ3) is 6.29. The van der Waals surface area contributed by atoms with Gasteiger partial charge in [-0.15, -0.1) is 0 Å². The molecular weight excluding hydrogens is 290 g/mol. The number of amides is 1. The number of methoxy groups -OCH3 is 1. The molecule has 1 aromatic rings. The molecular formula is C18H29N3O2. The molecule has 0 saturated carbocycles. The molecule has 1 atom stereocenters. The van der Waals surface area contributed by atoms with Crippen LogP contribution in [0.1, 0.15) is 12.0 Å². The number of carbonyl (C=O) groups is 1. The van der Waals surface area contributed by atoms with Crippen molar-refractivity contribution >= 4 is 5.91 Å². The molecule has 5 heteroatoms. The van der Waals surface area contributed by atoms with E-state index >= 15 is 0 Å².